The molecular weight excluding hydrogens is 358 g/mol. The molecule has 136 valence electrons. The van der Waals surface area contributed by atoms with Gasteiger partial charge in [0.25, 0.3) is 0 Å². The fourth-order valence-corrected chi connectivity index (χ4v) is 5.23. The highest BCUT2D eigenvalue weighted by Gasteiger charge is 2.26. The van der Waals surface area contributed by atoms with E-state index in [-0.39, 0.29) is 11.8 Å². The minimum atomic E-state index is -3.12. The molecule has 0 atom stereocenters. The van der Waals surface area contributed by atoms with Gasteiger partial charge in [-0.1, -0.05) is 17.4 Å². The summed E-state index contributed by atoms with van der Waals surface area (Å²) in [5, 5.41) is 3.53. The second kappa shape index (κ2) is 7.01. The van der Waals surface area contributed by atoms with E-state index in [1.54, 1.807) is 0 Å². The minimum absolute atomic E-state index is 0.0498. The molecule has 3 rings (SSSR count). The topological polar surface area (TPSA) is 79.4 Å². The number of thiazole rings is 1. The largest absolute Gasteiger partial charge is 0.302 e. The quantitative estimate of drug-likeness (QED) is 0.883. The molecule has 2 heterocycles. The smallest absolute Gasteiger partial charge is 0.226 e. The van der Waals surface area contributed by atoms with E-state index < -0.39 is 10.0 Å². The van der Waals surface area contributed by atoms with Crippen molar-refractivity contribution >= 4 is 42.6 Å². The Morgan fingerprint density at radius 2 is 2.00 bits per heavy atom. The van der Waals surface area contributed by atoms with Crippen LogP contribution < -0.4 is 5.32 Å². The number of carbonyl (C=O) groups is 1. The lowest BCUT2D eigenvalue weighted by atomic mass is 9.94. The number of piperidine rings is 1. The number of nitrogens with one attached hydrogen (secondary N) is 1. The fraction of sp³-hybridized carbons (Fsp3) is 0.529. The van der Waals surface area contributed by atoms with Gasteiger partial charge in [0.05, 0.1) is 16.5 Å². The number of rotatable bonds is 4. The van der Waals surface area contributed by atoms with Gasteiger partial charge in [0.1, 0.15) is 0 Å². The summed E-state index contributed by atoms with van der Waals surface area (Å²) in [6.45, 7) is 5.07. The number of hydrogen-bond donors (Lipinski definition) is 1. The van der Waals surface area contributed by atoms with Crippen molar-refractivity contribution in [3.8, 4) is 0 Å². The Kier molecular flexibility index (Phi) is 5.13. The van der Waals surface area contributed by atoms with Crippen molar-refractivity contribution in [1.82, 2.24) is 9.29 Å². The molecule has 1 aromatic carbocycles. The molecule has 0 bridgehead atoms. The van der Waals surface area contributed by atoms with Crippen LogP contribution in [0.25, 0.3) is 10.2 Å². The molecule has 2 aromatic rings. The molecule has 1 aromatic heterocycles. The molecule has 0 aliphatic carbocycles. The van der Waals surface area contributed by atoms with E-state index in [0.29, 0.717) is 24.6 Å². The fourth-order valence-electron chi connectivity index (χ4n) is 3.30. The number of amides is 1. The number of anilines is 1. The molecule has 1 saturated heterocycles. The first-order valence-electron chi connectivity index (χ1n) is 8.35. The number of carbonyl (C=O) groups excluding carboxylic acids is 1. The van der Waals surface area contributed by atoms with Gasteiger partial charge in [-0.15, -0.1) is 0 Å². The molecule has 1 fully saturated rings. The Hall–Kier alpha value is -1.51. The zero-order chi connectivity index (χ0) is 18.2. The first-order valence-corrected chi connectivity index (χ1v) is 11.0. The average Bonchev–Trinajstić information content (AvgIpc) is 2.89. The number of hydrogen-bond acceptors (Lipinski definition) is 5. The first-order chi connectivity index (χ1) is 11.7. The third-order valence-electron chi connectivity index (χ3n) is 4.59. The Balaban J connectivity index is 1.59. The van der Waals surface area contributed by atoms with Gasteiger partial charge in [-0.3, -0.25) is 4.79 Å². The van der Waals surface area contributed by atoms with E-state index in [1.165, 1.54) is 27.5 Å². The predicted molar refractivity (Wildman–Crippen MR) is 101 cm³/mol. The van der Waals surface area contributed by atoms with Gasteiger partial charge >= 0.3 is 0 Å². The molecule has 8 heteroatoms. The highest BCUT2D eigenvalue weighted by molar-refractivity contribution is 7.88. The van der Waals surface area contributed by atoms with Crippen LogP contribution in [0, 0.1) is 19.8 Å². The molecule has 25 heavy (non-hydrogen) atoms. The predicted octanol–water partition coefficient (Wildman–Crippen LogP) is 2.91. The molecule has 1 aliphatic heterocycles. The average molecular weight is 382 g/mol. The van der Waals surface area contributed by atoms with Gasteiger partial charge in [-0.25, -0.2) is 17.7 Å². The van der Waals surface area contributed by atoms with Crippen LogP contribution in [0.5, 0.6) is 0 Å². The summed E-state index contributed by atoms with van der Waals surface area (Å²) < 4.78 is 25.6. The normalized spacial score (nSPS) is 17.1. The monoisotopic (exact) mass is 381 g/mol. The van der Waals surface area contributed by atoms with Gasteiger partial charge < -0.3 is 5.32 Å². The van der Waals surface area contributed by atoms with Gasteiger partial charge in [0, 0.05) is 19.5 Å². The van der Waals surface area contributed by atoms with Gasteiger partial charge in [0.2, 0.25) is 15.9 Å². The second-order valence-corrected chi connectivity index (χ2v) is 9.82. The zero-order valence-corrected chi connectivity index (χ0v) is 16.3. The third-order valence-corrected chi connectivity index (χ3v) is 6.81. The number of fused-ring (bicyclic) bond motifs is 1. The molecule has 1 amide bonds. The Morgan fingerprint density at radius 3 is 2.64 bits per heavy atom. The van der Waals surface area contributed by atoms with E-state index >= 15 is 0 Å². The van der Waals surface area contributed by atoms with Crippen LogP contribution in [0.3, 0.4) is 0 Å². The molecule has 6 nitrogen and oxygen atoms in total. The lowest BCUT2D eigenvalue weighted by molar-refractivity contribution is -0.117. The van der Waals surface area contributed by atoms with Gasteiger partial charge in [0.15, 0.2) is 5.13 Å². The van der Waals surface area contributed by atoms with Crippen LogP contribution in [0.1, 0.15) is 30.4 Å². The maximum absolute atomic E-state index is 12.3. The van der Waals surface area contributed by atoms with Crippen molar-refractivity contribution in [1.29, 1.82) is 0 Å². The van der Waals surface area contributed by atoms with Crippen molar-refractivity contribution in [3.63, 3.8) is 0 Å². The molecule has 0 spiro atoms. The number of sulfonamides is 1. The summed E-state index contributed by atoms with van der Waals surface area (Å²) in [6, 6.07) is 4.17. The molecule has 0 saturated carbocycles. The Morgan fingerprint density at radius 1 is 1.32 bits per heavy atom. The van der Waals surface area contributed by atoms with Crippen molar-refractivity contribution in [2.24, 2.45) is 5.92 Å². The van der Waals surface area contributed by atoms with Crippen LogP contribution in [0.2, 0.25) is 0 Å². The van der Waals surface area contributed by atoms with Crippen LogP contribution >= 0.6 is 11.3 Å². The van der Waals surface area contributed by atoms with Crippen LogP contribution in [0.4, 0.5) is 5.13 Å². The van der Waals surface area contributed by atoms with Crippen molar-refractivity contribution < 1.29 is 13.2 Å². The van der Waals surface area contributed by atoms with Gasteiger partial charge in [-0.05, 0) is 49.8 Å². The lowest BCUT2D eigenvalue weighted by Crippen LogP contribution is -2.38. The molecular formula is C17H23N3O3S2. The first kappa shape index (κ1) is 18.3. The summed E-state index contributed by atoms with van der Waals surface area (Å²) in [5.41, 5.74) is 3.23. The Labute approximate surface area is 152 Å². The van der Waals surface area contributed by atoms with E-state index in [9.17, 15) is 13.2 Å². The van der Waals surface area contributed by atoms with Crippen LogP contribution in [-0.4, -0.2) is 43.0 Å². The molecule has 0 radical (unpaired) electrons. The third kappa shape index (κ3) is 4.37. The highest BCUT2D eigenvalue weighted by atomic mass is 32.2. The van der Waals surface area contributed by atoms with E-state index in [1.807, 2.05) is 13.8 Å². The van der Waals surface area contributed by atoms with Crippen molar-refractivity contribution in [3.05, 3.63) is 23.3 Å². The molecule has 1 N–H and O–H groups in total. The number of nitrogens with zero attached hydrogens (tertiary/aromatic N) is 2. The minimum Gasteiger partial charge on any atom is -0.302 e. The summed E-state index contributed by atoms with van der Waals surface area (Å²) >= 11 is 1.49. The number of aryl methyl sites for hydroxylation is 2. The van der Waals surface area contributed by atoms with E-state index in [4.69, 9.17) is 0 Å². The Bertz CT molecular complexity index is 897. The summed E-state index contributed by atoms with van der Waals surface area (Å²) in [7, 11) is -3.12. The van der Waals surface area contributed by atoms with Crippen molar-refractivity contribution in [2.75, 3.05) is 24.7 Å². The van der Waals surface area contributed by atoms with E-state index in [2.05, 4.69) is 22.4 Å². The SMILES string of the molecule is Cc1cc(C)c2nc(NC(=O)CC3CCN(S(C)(=O)=O)CC3)sc2c1. The van der Waals surface area contributed by atoms with Gasteiger partial charge in [-0.2, -0.15) is 0 Å². The summed E-state index contributed by atoms with van der Waals surface area (Å²) in [6.07, 6.45) is 3.08. The molecule has 0 unspecified atom stereocenters. The van der Waals surface area contributed by atoms with Crippen LogP contribution in [0.15, 0.2) is 12.1 Å². The van der Waals surface area contributed by atoms with Crippen molar-refractivity contribution in [2.45, 2.75) is 33.1 Å². The van der Waals surface area contributed by atoms with E-state index in [0.717, 1.165) is 28.6 Å². The maximum atomic E-state index is 12.3. The highest BCUT2D eigenvalue weighted by Crippen LogP contribution is 2.30. The summed E-state index contributed by atoms with van der Waals surface area (Å²) in [5.74, 6) is 0.169. The zero-order valence-electron chi connectivity index (χ0n) is 14.7. The lowest BCUT2D eigenvalue weighted by Gasteiger charge is -2.29. The number of aromatic nitrogens is 1. The standard InChI is InChI=1S/C17H23N3O3S2/c1-11-8-12(2)16-14(9-11)24-17(19-16)18-15(21)10-13-4-6-20(7-5-13)25(3,22)23/h8-9,13H,4-7,10H2,1-3H3,(H,18,19,21). The summed E-state index contributed by atoms with van der Waals surface area (Å²) in [4.78, 5) is 16.8. The second-order valence-electron chi connectivity index (χ2n) is 6.81. The number of benzene rings is 1. The maximum Gasteiger partial charge on any atom is 0.226 e. The molecule has 1 aliphatic rings. The van der Waals surface area contributed by atoms with Crippen LogP contribution in [-0.2, 0) is 14.8 Å².